The molecule has 0 bridgehead atoms. The third-order valence-corrected chi connectivity index (χ3v) is 3.93. The van der Waals surface area contributed by atoms with E-state index in [2.05, 4.69) is 6.92 Å². The second-order valence-electron chi connectivity index (χ2n) is 5.45. The minimum absolute atomic E-state index is 0.0852. The number of unbranched alkanes of at least 4 members (excludes halogenated alkanes) is 1. The molecule has 1 aliphatic rings. The minimum Gasteiger partial charge on any atom is -0.289 e. The Bertz CT molecular complexity index is 747. The second-order valence-corrected chi connectivity index (χ2v) is 5.45. The Morgan fingerprint density at radius 3 is 2.14 bits per heavy atom. The van der Waals surface area contributed by atoms with Crippen LogP contribution in [0.25, 0.3) is 0 Å². The zero-order valence-corrected chi connectivity index (χ0v) is 12.0. The van der Waals surface area contributed by atoms with Crippen molar-refractivity contribution in [1.29, 1.82) is 0 Å². The van der Waals surface area contributed by atoms with E-state index in [0.717, 1.165) is 24.8 Å². The van der Waals surface area contributed by atoms with Crippen molar-refractivity contribution < 1.29 is 9.59 Å². The second kappa shape index (κ2) is 5.32. The average Bonchev–Trinajstić information content (AvgIpc) is 2.50. The lowest BCUT2D eigenvalue weighted by Crippen LogP contribution is -2.23. The topological polar surface area (TPSA) is 34.1 Å². The molecule has 21 heavy (non-hydrogen) atoms. The molecule has 0 heterocycles. The van der Waals surface area contributed by atoms with Crippen LogP contribution >= 0.6 is 0 Å². The molecule has 0 spiro atoms. The summed E-state index contributed by atoms with van der Waals surface area (Å²) in [6, 6.07) is 10.5. The minimum atomic E-state index is -0.117. The predicted molar refractivity (Wildman–Crippen MR) is 83.7 cm³/mol. The first-order chi connectivity index (χ1) is 10.1. The van der Waals surface area contributed by atoms with Gasteiger partial charge in [0.15, 0.2) is 11.6 Å². The molecule has 0 saturated heterocycles. The van der Waals surface area contributed by atoms with E-state index in [1.807, 2.05) is 12.1 Å². The van der Waals surface area contributed by atoms with Crippen LogP contribution in [-0.2, 0) is 6.42 Å². The van der Waals surface area contributed by atoms with E-state index in [4.69, 9.17) is 7.85 Å². The van der Waals surface area contributed by atoms with Gasteiger partial charge in [0.2, 0.25) is 0 Å². The summed E-state index contributed by atoms with van der Waals surface area (Å²) in [4.78, 5) is 25.1. The lowest BCUT2D eigenvalue weighted by atomic mass is 9.80. The van der Waals surface area contributed by atoms with Crippen molar-refractivity contribution in [2.24, 2.45) is 0 Å². The number of carbonyl (C=O) groups is 2. The van der Waals surface area contributed by atoms with Crippen molar-refractivity contribution in [2.75, 3.05) is 0 Å². The third kappa shape index (κ3) is 2.33. The lowest BCUT2D eigenvalue weighted by molar-refractivity contribution is 0.0979. The third-order valence-electron chi connectivity index (χ3n) is 3.93. The normalized spacial score (nSPS) is 13.0. The van der Waals surface area contributed by atoms with Gasteiger partial charge in [-0.3, -0.25) is 9.59 Å². The van der Waals surface area contributed by atoms with Gasteiger partial charge in [-0.2, -0.15) is 0 Å². The Labute approximate surface area is 125 Å². The standard InChI is InChI=1S/C18H15BO2/c1-2-3-4-11-5-7-13-15(9-11)17(20)14-8-6-12(19)10-16(14)18(13)21/h5-10H,2-4H2,1H3. The zero-order chi connectivity index (χ0) is 15.0. The lowest BCUT2D eigenvalue weighted by Gasteiger charge is -2.18. The molecular weight excluding hydrogens is 259 g/mol. The smallest absolute Gasteiger partial charge is 0.194 e. The van der Waals surface area contributed by atoms with E-state index in [0.29, 0.717) is 27.7 Å². The highest BCUT2D eigenvalue weighted by molar-refractivity contribution is 6.35. The Hall–Kier alpha value is -2.16. The van der Waals surface area contributed by atoms with Crippen molar-refractivity contribution in [3.05, 3.63) is 64.2 Å². The molecule has 3 rings (SSSR count). The fraction of sp³-hybridized carbons (Fsp3) is 0.222. The Balaban J connectivity index is 2.09. The molecular formula is C18H15BO2. The van der Waals surface area contributed by atoms with E-state index in [9.17, 15) is 9.59 Å². The van der Waals surface area contributed by atoms with E-state index in [1.54, 1.807) is 24.3 Å². The van der Waals surface area contributed by atoms with Gasteiger partial charge in [0.25, 0.3) is 0 Å². The van der Waals surface area contributed by atoms with Crippen molar-refractivity contribution >= 4 is 24.9 Å². The monoisotopic (exact) mass is 274 g/mol. The van der Waals surface area contributed by atoms with Crippen LogP contribution in [0, 0.1) is 0 Å². The predicted octanol–water partition coefficient (Wildman–Crippen LogP) is 2.60. The molecule has 0 amide bonds. The van der Waals surface area contributed by atoms with E-state index in [1.165, 1.54) is 0 Å². The molecule has 2 nitrogen and oxygen atoms in total. The molecule has 0 aliphatic heterocycles. The highest BCUT2D eigenvalue weighted by atomic mass is 16.1. The molecule has 0 aromatic heterocycles. The first kappa shape index (κ1) is 13.8. The Morgan fingerprint density at radius 2 is 1.48 bits per heavy atom. The molecule has 0 atom stereocenters. The van der Waals surface area contributed by atoms with Gasteiger partial charge in [-0.15, -0.1) is 0 Å². The number of carbonyl (C=O) groups excluding carboxylic acids is 2. The summed E-state index contributed by atoms with van der Waals surface area (Å²) in [6.07, 6.45) is 3.11. The number of rotatable bonds is 3. The first-order valence-corrected chi connectivity index (χ1v) is 7.23. The number of fused-ring (bicyclic) bond motifs is 2. The Morgan fingerprint density at radius 1 is 0.857 bits per heavy atom. The van der Waals surface area contributed by atoms with Crippen LogP contribution < -0.4 is 5.46 Å². The summed E-state index contributed by atoms with van der Waals surface area (Å²) in [5.41, 5.74) is 3.47. The summed E-state index contributed by atoms with van der Waals surface area (Å²) in [6.45, 7) is 2.13. The van der Waals surface area contributed by atoms with Crippen LogP contribution in [0.5, 0.6) is 0 Å². The molecule has 2 aromatic carbocycles. The fourth-order valence-electron chi connectivity index (χ4n) is 2.75. The Kier molecular flexibility index (Phi) is 3.50. The van der Waals surface area contributed by atoms with Crippen LogP contribution in [0.3, 0.4) is 0 Å². The van der Waals surface area contributed by atoms with Gasteiger partial charge in [-0.05, 0) is 24.5 Å². The van der Waals surface area contributed by atoms with Crippen LogP contribution in [0.2, 0.25) is 0 Å². The van der Waals surface area contributed by atoms with Crippen molar-refractivity contribution in [3.63, 3.8) is 0 Å². The molecule has 102 valence electrons. The molecule has 1 aliphatic carbocycles. The van der Waals surface area contributed by atoms with Gasteiger partial charge in [0, 0.05) is 22.3 Å². The molecule has 0 saturated carbocycles. The molecule has 0 fully saturated rings. The quantitative estimate of drug-likeness (QED) is 0.688. The molecule has 3 heteroatoms. The molecule has 0 unspecified atom stereocenters. The van der Waals surface area contributed by atoms with Gasteiger partial charge in [0.1, 0.15) is 7.85 Å². The summed E-state index contributed by atoms with van der Waals surface area (Å²) in [7, 11) is 5.72. The van der Waals surface area contributed by atoms with Gasteiger partial charge in [-0.25, -0.2) is 0 Å². The maximum atomic E-state index is 12.6. The maximum Gasteiger partial charge on any atom is 0.194 e. The summed E-state index contributed by atoms with van der Waals surface area (Å²) >= 11 is 0. The van der Waals surface area contributed by atoms with Crippen molar-refractivity contribution in [2.45, 2.75) is 26.2 Å². The highest BCUT2D eigenvalue weighted by Crippen LogP contribution is 2.27. The van der Waals surface area contributed by atoms with Gasteiger partial charge in [0.05, 0.1) is 0 Å². The van der Waals surface area contributed by atoms with E-state index in [-0.39, 0.29) is 11.6 Å². The SMILES string of the molecule is [B]c1ccc2c(c1)C(=O)c1ccc(CCCC)cc1C2=O. The van der Waals surface area contributed by atoms with Gasteiger partial charge >= 0.3 is 0 Å². The summed E-state index contributed by atoms with van der Waals surface area (Å²) in [5.74, 6) is -0.202. The van der Waals surface area contributed by atoms with E-state index >= 15 is 0 Å². The molecule has 0 N–H and O–H groups in total. The average molecular weight is 274 g/mol. The van der Waals surface area contributed by atoms with Crippen LogP contribution in [0.4, 0.5) is 0 Å². The summed E-state index contributed by atoms with van der Waals surface area (Å²) in [5, 5.41) is 0. The number of hydrogen-bond acceptors (Lipinski definition) is 2. The maximum absolute atomic E-state index is 12.6. The highest BCUT2D eigenvalue weighted by Gasteiger charge is 2.29. The van der Waals surface area contributed by atoms with E-state index < -0.39 is 0 Å². The fourth-order valence-corrected chi connectivity index (χ4v) is 2.75. The first-order valence-electron chi connectivity index (χ1n) is 7.23. The van der Waals surface area contributed by atoms with Crippen LogP contribution in [0.15, 0.2) is 36.4 Å². The zero-order valence-electron chi connectivity index (χ0n) is 12.0. The molecule has 2 aromatic rings. The molecule has 2 radical (unpaired) electrons. The van der Waals surface area contributed by atoms with Crippen LogP contribution in [-0.4, -0.2) is 19.4 Å². The summed E-state index contributed by atoms with van der Waals surface area (Å²) < 4.78 is 0. The van der Waals surface area contributed by atoms with Crippen molar-refractivity contribution in [3.8, 4) is 0 Å². The van der Waals surface area contributed by atoms with Crippen molar-refractivity contribution in [1.82, 2.24) is 0 Å². The number of ketones is 2. The van der Waals surface area contributed by atoms with Gasteiger partial charge < -0.3 is 0 Å². The number of aryl methyl sites for hydroxylation is 1. The number of benzene rings is 2. The number of hydrogen-bond donors (Lipinski definition) is 0. The van der Waals surface area contributed by atoms with Gasteiger partial charge in [-0.1, -0.05) is 49.1 Å². The van der Waals surface area contributed by atoms with Crippen LogP contribution in [0.1, 0.15) is 57.2 Å². The largest absolute Gasteiger partial charge is 0.289 e.